The van der Waals surface area contributed by atoms with Gasteiger partial charge in [0.15, 0.2) is 5.69 Å². The maximum Gasteiger partial charge on any atom is 0.360 e. The molecule has 0 saturated heterocycles. The molecule has 0 fully saturated rings. The zero-order valence-corrected chi connectivity index (χ0v) is 11.4. The number of oxazole rings is 1. The molecule has 0 aromatic carbocycles. The number of rotatable bonds is 6. The second kappa shape index (κ2) is 5.96. The van der Waals surface area contributed by atoms with E-state index in [1.54, 1.807) is 0 Å². The molecular weight excluding hydrogens is 260 g/mol. The van der Waals surface area contributed by atoms with E-state index in [0.717, 1.165) is 12.5 Å². The maximum atomic E-state index is 11.5. The van der Waals surface area contributed by atoms with E-state index < -0.39 is 16.0 Å². The molecule has 7 nitrogen and oxygen atoms in total. The summed E-state index contributed by atoms with van der Waals surface area (Å²) in [6, 6.07) is 0. The molecular formula is C10H16N2O5S. The van der Waals surface area contributed by atoms with Crippen molar-refractivity contribution in [1.29, 1.82) is 0 Å². The van der Waals surface area contributed by atoms with Crippen molar-refractivity contribution in [3.8, 4) is 0 Å². The molecule has 1 rings (SSSR count). The maximum absolute atomic E-state index is 11.5. The molecule has 0 bridgehead atoms. The van der Waals surface area contributed by atoms with E-state index in [2.05, 4.69) is 9.72 Å². The molecule has 0 unspecified atom stereocenters. The first kappa shape index (κ1) is 14.7. The smallest absolute Gasteiger partial charge is 0.360 e. The number of aromatic nitrogens is 1. The van der Waals surface area contributed by atoms with Gasteiger partial charge in [0.2, 0.25) is 15.9 Å². The van der Waals surface area contributed by atoms with Crippen LogP contribution in [0.1, 0.15) is 29.7 Å². The number of methoxy groups -OCH3 is 1. The summed E-state index contributed by atoms with van der Waals surface area (Å²) in [5.41, 5.74) is 0.0254. The van der Waals surface area contributed by atoms with Crippen LogP contribution in [-0.2, 0) is 21.3 Å². The number of esters is 1. The molecule has 1 aromatic heterocycles. The third-order valence-corrected chi connectivity index (χ3v) is 3.45. The predicted octanol–water partition coefficient (Wildman–Crippen LogP) is 0.633. The number of nitrogens with zero attached hydrogens (tertiary/aromatic N) is 2. The fourth-order valence-electron chi connectivity index (χ4n) is 1.34. The highest BCUT2D eigenvalue weighted by atomic mass is 32.2. The summed E-state index contributed by atoms with van der Waals surface area (Å²) in [7, 11) is -2.09. The van der Waals surface area contributed by atoms with Crippen molar-refractivity contribution < 1.29 is 22.4 Å². The molecule has 1 aromatic rings. The number of carbonyl (C=O) groups is 1. The van der Waals surface area contributed by atoms with Crippen molar-refractivity contribution in [1.82, 2.24) is 9.29 Å². The molecule has 0 aliphatic rings. The van der Waals surface area contributed by atoms with E-state index in [9.17, 15) is 13.2 Å². The van der Waals surface area contributed by atoms with E-state index >= 15 is 0 Å². The fourth-order valence-corrected chi connectivity index (χ4v) is 2.20. The van der Waals surface area contributed by atoms with Crippen molar-refractivity contribution in [2.45, 2.75) is 19.9 Å². The molecule has 102 valence electrons. The summed E-state index contributed by atoms with van der Waals surface area (Å²) < 4.78 is 33.7. The zero-order chi connectivity index (χ0) is 13.8. The Morgan fingerprint density at radius 3 is 2.72 bits per heavy atom. The van der Waals surface area contributed by atoms with Gasteiger partial charge in [-0.2, -0.15) is 4.31 Å². The first-order chi connectivity index (χ1) is 8.38. The minimum Gasteiger partial charge on any atom is -0.464 e. The molecule has 0 radical (unpaired) electrons. The highest BCUT2D eigenvalue weighted by molar-refractivity contribution is 7.88. The van der Waals surface area contributed by atoms with Crippen molar-refractivity contribution in [2.75, 3.05) is 19.9 Å². The second-order valence-electron chi connectivity index (χ2n) is 3.71. The third-order valence-electron chi connectivity index (χ3n) is 2.20. The molecule has 0 aliphatic heterocycles. The summed E-state index contributed by atoms with van der Waals surface area (Å²) in [4.78, 5) is 15.0. The Bertz CT molecular complexity index is 508. The molecule has 0 spiro atoms. The van der Waals surface area contributed by atoms with Gasteiger partial charge in [-0.3, -0.25) is 0 Å². The summed E-state index contributed by atoms with van der Waals surface area (Å²) in [5, 5.41) is 0. The average molecular weight is 276 g/mol. The van der Waals surface area contributed by atoms with Crippen LogP contribution in [-0.4, -0.2) is 43.6 Å². The minimum absolute atomic E-state index is 0.00364. The fraction of sp³-hybridized carbons (Fsp3) is 0.600. The highest BCUT2D eigenvalue weighted by Crippen LogP contribution is 2.10. The van der Waals surface area contributed by atoms with Crippen LogP contribution >= 0.6 is 0 Å². The Morgan fingerprint density at radius 1 is 1.56 bits per heavy atom. The van der Waals surface area contributed by atoms with Crippen molar-refractivity contribution >= 4 is 16.0 Å². The second-order valence-corrected chi connectivity index (χ2v) is 5.70. The molecule has 0 amide bonds. The zero-order valence-electron chi connectivity index (χ0n) is 10.5. The number of hydrogen-bond donors (Lipinski definition) is 0. The first-order valence-corrected chi connectivity index (χ1v) is 7.21. The normalized spacial score (nSPS) is 11.8. The monoisotopic (exact) mass is 276 g/mol. The van der Waals surface area contributed by atoms with E-state index in [1.165, 1.54) is 11.4 Å². The first-order valence-electron chi connectivity index (χ1n) is 5.36. The van der Waals surface area contributed by atoms with Crippen molar-refractivity contribution in [3.63, 3.8) is 0 Å². The largest absolute Gasteiger partial charge is 0.464 e. The number of carbonyl (C=O) groups excluding carboxylic acids is 1. The van der Waals surface area contributed by atoms with Crippen LogP contribution in [0.4, 0.5) is 0 Å². The van der Waals surface area contributed by atoms with Crippen LogP contribution in [0.25, 0.3) is 0 Å². The van der Waals surface area contributed by atoms with E-state index in [1.807, 2.05) is 6.92 Å². The SMILES string of the molecule is CCCN(Cc1nc(C(=O)OC)co1)S(C)(=O)=O. The highest BCUT2D eigenvalue weighted by Gasteiger charge is 2.20. The van der Waals surface area contributed by atoms with Gasteiger partial charge in [-0.25, -0.2) is 18.2 Å². The van der Waals surface area contributed by atoms with Gasteiger partial charge < -0.3 is 9.15 Å². The van der Waals surface area contributed by atoms with Gasteiger partial charge in [0, 0.05) is 6.54 Å². The summed E-state index contributed by atoms with van der Waals surface area (Å²) in [6.07, 6.45) is 2.94. The van der Waals surface area contributed by atoms with Crippen LogP contribution in [0.5, 0.6) is 0 Å². The van der Waals surface area contributed by atoms with Crippen LogP contribution in [0.2, 0.25) is 0 Å². The number of ether oxygens (including phenoxy) is 1. The van der Waals surface area contributed by atoms with Gasteiger partial charge in [0.1, 0.15) is 6.26 Å². The van der Waals surface area contributed by atoms with Crippen molar-refractivity contribution in [2.24, 2.45) is 0 Å². The van der Waals surface area contributed by atoms with E-state index in [4.69, 9.17) is 4.42 Å². The van der Waals surface area contributed by atoms with E-state index in [0.29, 0.717) is 13.0 Å². The minimum atomic E-state index is -3.32. The van der Waals surface area contributed by atoms with Crippen molar-refractivity contribution in [3.05, 3.63) is 17.8 Å². The molecule has 0 aliphatic carbocycles. The van der Waals surface area contributed by atoms with Crippen LogP contribution in [0, 0.1) is 0 Å². The lowest BCUT2D eigenvalue weighted by atomic mass is 10.4. The quantitative estimate of drug-likeness (QED) is 0.708. The van der Waals surface area contributed by atoms with Crippen LogP contribution in [0.15, 0.2) is 10.7 Å². The lowest BCUT2D eigenvalue weighted by molar-refractivity contribution is 0.0594. The van der Waals surface area contributed by atoms with Gasteiger partial charge in [-0.1, -0.05) is 6.92 Å². The standard InChI is InChI=1S/C10H16N2O5S/c1-4-5-12(18(3,14)15)6-9-11-8(7-17-9)10(13)16-2/h7H,4-6H2,1-3H3. The average Bonchev–Trinajstić information content (AvgIpc) is 2.75. The molecule has 0 atom stereocenters. The Morgan fingerprint density at radius 2 is 2.22 bits per heavy atom. The molecule has 0 saturated carbocycles. The van der Waals surface area contributed by atoms with E-state index in [-0.39, 0.29) is 18.1 Å². The molecule has 18 heavy (non-hydrogen) atoms. The molecule has 0 N–H and O–H groups in total. The topological polar surface area (TPSA) is 89.7 Å². The van der Waals surface area contributed by atoms with Crippen LogP contribution in [0.3, 0.4) is 0 Å². The predicted molar refractivity (Wildman–Crippen MR) is 63.4 cm³/mol. The summed E-state index contributed by atoms with van der Waals surface area (Å²) in [6.45, 7) is 2.24. The lowest BCUT2D eigenvalue weighted by Crippen LogP contribution is -2.30. The van der Waals surface area contributed by atoms with Crippen LogP contribution < -0.4 is 0 Å². The Labute approximate surface area is 106 Å². The lowest BCUT2D eigenvalue weighted by Gasteiger charge is -2.16. The van der Waals surface area contributed by atoms with Gasteiger partial charge in [-0.15, -0.1) is 0 Å². The molecule has 1 heterocycles. The summed E-state index contributed by atoms with van der Waals surface area (Å²) >= 11 is 0. The number of hydrogen-bond acceptors (Lipinski definition) is 6. The Hall–Kier alpha value is -1.41. The number of sulfonamides is 1. The molecule has 8 heteroatoms. The summed E-state index contributed by atoms with van der Waals surface area (Å²) in [5.74, 6) is -0.458. The van der Waals surface area contributed by atoms with Gasteiger partial charge in [0.25, 0.3) is 0 Å². The van der Waals surface area contributed by atoms with Gasteiger partial charge >= 0.3 is 5.97 Å². The van der Waals surface area contributed by atoms with Gasteiger partial charge in [0.05, 0.1) is 19.9 Å². The third kappa shape index (κ3) is 3.81. The van der Waals surface area contributed by atoms with Gasteiger partial charge in [-0.05, 0) is 6.42 Å². The Balaban J connectivity index is 2.82. The Kier molecular flexibility index (Phi) is 4.85.